The van der Waals surface area contributed by atoms with Crippen molar-refractivity contribution in [3.05, 3.63) is 0 Å². The largest absolute Gasteiger partial charge is 0.480 e. The average Bonchev–Trinajstić information content (AvgIpc) is 2.09. The zero-order chi connectivity index (χ0) is 12.1. The minimum Gasteiger partial charge on any atom is -0.480 e. The quantitative estimate of drug-likeness (QED) is 0.491. The van der Waals surface area contributed by atoms with Crippen molar-refractivity contribution in [2.45, 2.75) is 37.8 Å². The Labute approximate surface area is 92.4 Å². The first-order chi connectivity index (χ1) is 7.49. The fraction of sp³-hybridized carbons (Fsp3) is 0.667. The van der Waals surface area contributed by atoms with Gasteiger partial charge >= 0.3 is 12.0 Å². The number of rotatable bonds is 5. The Balaban J connectivity index is 2.37. The molecule has 0 aromatic heterocycles. The lowest BCUT2D eigenvalue weighted by Crippen LogP contribution is -2.51. The first kappa shape index (κ1) is 12.3. The molecule has 5 N–H and O–H groups in total. The molecule has 0 heterocycles. The summed E-state index contributed by atoms with van der Waals surface area (Å²) in [4.78, 5) is 32.6. The predicted molar refractivity (Wildman–Crippen MR) is 54.5 cm³/mol. The second-order valence-electron chi connectivity index (χ2n) is 3.81. The molecule has 0 saturated heterocycles. The number of carbonyl (C=O) groups excluding carboxylic acids is 2. The molecule has 0 spiro atoms. The van der Waals surface area contributed by atoms with Crippen LogP contribution < -0.4 is 16.4 Å². The Morgan fingerprint density at radius 2 is 2.00 bits per heavy atom. The molecule has 0 bridgehead atoms. The monoisotopic (exact) mass is 229 g/mol. The van der Waals surface area contributed by atoms with E-state index in [1.165, 1.54) is 0 Å². The zero-order valence-corrected chi connectivity index (χ0v) is 8.73. The summed E-state index contributed by atoms with van der Waals surface area (Å²) in [7, 11) is 0. The molecule has 1 atom stereocenters. The van der Waals surface area contributed by atoms with Gasteiger partial charge in [-0.25, -0.2) is 9.59 Å². The first-order valence-corrected chi connectivity index (χ1v) is 5.07. The minimum absolute atomic E-state index is 0.114. The Hall–Kier alpha value is -1.79. The van der Waals surface area contributed by atoms with E-state index in [-0.39, 0.29) is 6.04 Å². The van der Waals surface area contributed by atoms with E-state index in [9.17, 15) is 14.4 Å². The van der Waals surface area contributed by atoms with Gasteiger partial charge in [0.15, 0.2) is 0 Å². The maximum absolute atomic E-state index is 11.3. The van der Waals surface area contributed by atoms with Crippen LogP contribution in [0.2, 0.25) is 0 Å². The molecule has 1 unspecified atom stereocenters. The van der Waals surface area contributed by atoms with Gasteiger partial charge in [0, 0.05) is 6.04 Å². The summed E-state index contributed by atoms with van der Waals surface area (Å²) >= 11 is 0. The molecular weight excluding hydrogens is 214 g/mol. The molecule has 0 aromatic carbocycles. The highest BCUT2D eigenvalue weighted by Gasteiger charge is 2.24. The molecule has 0 aromatic rings. The molecule has 3 amide bonds. The van der Waals surface area contributed by atoms with Gasteiger partial charge < -0.3 is 21.5 Å². The van der Waals surface area contributed by atoms with Gasteiger partial charge in [0.1, 0.15) is 6.04 Å². The number of urea groups is 1. The van der Waals surface area contributed by atoms with Gasteiger partial charge in [-0.05, 0) is 19.3 Å². The fourth-order valence-corrected chi connectivity index (χ4v) is 1.34. The summed E-state index contributed by atoms with van der Waals surface area (Å²) in [6.45, 7) is 0. The van der Waals surface area contributed by atoms with Crippen molar-refractivity contribution in [3.63, 3.8) is 0 Å². The second kappa shape index (κ2) is 5.34. The molecule has 1 rings (SSSR count). The van der Waals surface area contributed by atoms with E-state index in [1.807, 2.05) is 0 Å². The Kier molecular flexibility index (Phi) is 4.10. The standard InChI is InChI=1S/C9H15N3O4/c10-7(13)4-6(8(14)15)12-9(16)11-5-2-1-3-5/h5-6H,1-4H2,(H2,10,13)(H,14,15)(H2,11,12,16). The fourth-order valence-electron chi connectivity index (χ4n) is 1.34. The van der Waals surface area contributed by atoms with Crippen LogP contribution in [-0.2, 0) is 9.59 Å². The van der Waals surface area contributed by atoms with Crippen molar-refractivity contribution < 1.29 is 19.5 Å². The number of amides is 3. The van der Waals surface area contributed by atoms with Crippen LogP contribution in [0.5, 0.6) is 0 Å². The molecule has 7 heteroatoms. The number of hydrogen-bond donors (Lipinski definition) is 4. The van der Waals surface area contributed by atoms with Gasteiger partial charge in [-0.3, -0.25) is 4.79 Å². The highest BCUT2D eigenvalue weighted by molar-refractivity contribution is 5.87. The highest BCUT2D eigenvalue weighted by atomic mass is 16.4. The lowest BCUT2D eigenvalue weighted by Gasteiger charge is -2.27. The van der Waals surface area contributed by atoms with Crippen molar-refractivity contribution in [1.29, 1.82) is 0 Å². The van der Waals surface area contributed by atoms with Gasteiger partial charge in [-0.2, -0.15) is 0 Å². The topological polar surface area (TPSA) is 122 Å². The van der Waals surface area contributed by atoms with Gasteiger partial charge in [-0.15, -0.1) is 0 Å². The summed E-state index contributed by atoms with van der Waals surface area (Å²) in [6, 6.07) is -1.72. The number of carboxylic acids is 1. The molecule has 16 heavy (non-hydrogen) atoms. The van der Waals surface area contributed by atoms with Gasteiger partial charge in [0.05, 0.1) is 6.42 Å². The van der Waals surface area contributed by atoms with E-state index >= 15 is 0 Å². The van der Waals surface area contributed by atoms with Crippen LogP contribution in [-0.4, -0.2) is 35.1 Å². The van der Waals surface area contributed by atoms with E-state index in [2.05, 4.69) is 10.6 Å². The van der Waals surface area contributed by atoms with Crippen LogP contribution in [0.25, 0.3) is 0 Å². The maximum Gasteiger partial charge on any atom is 0.326 e. The smallest absolute Gasteiger partial charge is 0.326 e. The van der Waals surface area contributed by atoms with Gasteiger partial charge in [-0.1, -0.05) is 0 Å². The van der Waals surface area contributed by atoms with Crippen LogP contribution in [0.15, 0.2) is 0 Å². The molecule has 90 valence electrons. The summed E-state index contributed by atoms with van der Waals surface area (Å²) in [5, 5.41) is 13.5. The number of carboxylic acid groups (broad SMARTS) is 1. The van der Waals surface area contributed by atoms with E-state index < -0.39 is 30.4 Å². The number of carbonyl (C=O) groups is 3. The summed E-state index contributed by atoms with van der Waals surface area (Å²) in [5.74, 6) is -2.04. The van der Waals surface area contributed by atoms with E-state index in [1.54, 1.807) is 0 Å². The number of hydrogen-bond acceptors (Lipinski definition) is 3. The average molecular weight is 229 g/mol. The molecule has 1 fully saturated rings. The van der Waals surface area contributed by atoms with Crippen LogP contribution in [0.4, 0.5) is 4.79 Å². The van der Waals surface area contributed by atoms with Crippen LogP contribution in [0.1, 0.15) is 25.7 Å². The third-order valence-electron chi connectivity index (χ3n) is 2.45. The summed E-state index contributed by atoms with van der Waals surface area (Å²) in [6.07, 6.45) is 2.46. The highest BCUT2D eigenvalue weighted by Crippen LogP contribution is 2.17. The van der Waals surface area contributed by atoms with Crippen molar-refractivity contribution in [1.82, 2.24) is 10.6 Å². The Morgan fingerprint density at radius 1 is 1.38 bits per heavy atom. The molecular formula is C9H15N3O4. The van der Waals surface area contributed by atoms with Gasteiger partial charge in [0.2, 0.25) is 5.91 Å². The van der Waals surface area contributed by atoms with E-state index in [4.69, 9.17) is 10.8 Å². The molecule has 0 aliphatic heterocycles. The van der Waals surface area contributed by atoms with Crippen LogP contribution in [0, 0.1) is 0 Å². The van der Waals surface area contributed by atoms with E-state index in [0.717, 1.165) is 19.3 Å². The number of aliphatic carboxylic acids is 1. The lowest BCUT2D eigenvalue weighted by molar-refractivity contribution is -0.140. The molecule has 1 saturated carbocycles. The molecule has 7 nitrogen and oxygen atoms in total. The third kappa shape index (κ3) is 3.76. The van der Waals surface area contributed by atoms with Crippen LogP contribution in [0.3, 0.4) is 0 Å². The lowest BCUT2D eigenvalue weighted by atomic mass is 9.93. The van der Waals surface area contributed by atoms with Crippen LogP contribution >= 0.6 is 0 Å². The van der Waals surface area contributed by atoms with E-state index in [0.29, 0.717) is 0 Å². The van der Waals surface area contributed by atoms with Crippen molar-refractivity contribution >= 4 is 17.9 Å². The Bertz CT molecular complexity index is 301. The Morgan fingerprint density at radius 3 is 2.38 bits per heavy atom. The van der Waals surface area contributed by atoms with Gasteiger partial charge in [0.25, 0.3) is 0 Å². The maximum atomic E-state index is 11.3. The number of primary amides is 1. The molecule has 1 aliphatic carbocycles. The first-order valence-electron chi connectivity index (χ1n) is 5.07. The summed E-state index contributed by atoms with van der Waals surface area (Å²) < 4.78 is 0. The predicted octanol–water partition coefficient (Wildman–Crippen LogP) is -0.833. The second-order valence-corrected chi connectivity index (χ2v) is 3.81. The van der Waals surface area contributed by atoms with Crippen molar-refractivity contribution in [2.75, 3.05) is 0 Å². The SMILES string of the molecule is NC(=O)CC(NC(=O)NC1CCC1)C(=O)O. The minimum atomic E-state index is -1.28. The molecule has 1 aliphatic rings. The summed E-state index contributed by atoms with van der Waals surface area (Å²) in [5.41, 5.74) is 4.87. The molecule has 0 radical (unpaired) electrons. The zero-order valence-electron chi connectivity index (χ0n) is 8.73. The van der Waals surface area contributed by atoms with Crippen molar-refractivity contribution in [3.8, 4) is 0 Å². The third-order valence-corrected chi connectivity index (χ3v) is 2.45. The normalized spacial score (nSPS) is 17.0. The number of nitrogens with one attached hydrogen (secondary N) is 2. The van der Waals surface area contributed by atoms with Crippen molar-refractivity contribution in [2.24, 2.45) is 5.73 Å². The number of nitrogens with two attached hydrogens (primary N) is 1.